The molecule has 0 saturated heterocycles. The van der Waals surface area contributed by atoms with Crippen LogP contribution in [0.5, 0.6) is 0 Å². The summed E-state index contributed by atoms with van der Waals surface area (Å²) < 4.78 is 0. The third kappa shape index (κ3) is 6.68. The Morgan fingerprint density at radius 3 is 2.26 bits per heavy atom. The maximum Gasteiger partial charge on any atom is 0.178 e. The lowest BCUT2D eigenvalue weighted by molar-refractivity contribution is -0.111. The fourth-order valence-electron chi connectivity index (χ4n) is 6.92. The fourth-order valence-corrected chi connectivity index (χ4v) is 6.92. The molecule has 0 aliphatic heterocycles. The summed E-state index contributed by atoms with van der Waals surface area (Å²) in [6, 6.07) is 0. The molecule has 3 aliphatic rings. The van der Waals surface area contributed by atoms with E-state index in [2.05, 4.69) is 46.9 Å². The van der Waals surface area contributed by atoms with Crippen LogP contribution >= 0.6 is 0 Å². The van der Waals surface area contributed by atoms with E-state index in [1.54, 1.807) is 19.9 Å². The number of ketones is 1. The van der Waals surface area contributed by atoms with Crippen molar-refractivity contribution in [1.29, 1.82) is 5.41 Å². The number of rotatable bonds is 6. The standard InChI is InChI=1S/C26H39NO.C3H7N.C2H6/c1-7-22-24(5,17-19(4)9-8-18(2)3)13-12-23-25(6)14-11-21(28)16-20(25)10-15-26(22,23)27;1-3(2)4;1-2/h11,14,16,22-23H,2,4,7-10,12-13,15,17,27H2,1,3,5-6H3;4H,1-2H3;1-2H3. The Bertz CT molecular complexity index is 830. The molecule has 0 bridgehead atoms. The van der Waals surface area contributed by atoms with Gasteiger partial charge in [0.2, 0.25) is 0 Å². The molecule has 3 rings (SSSR count). The third-order valence-corrected chi connectivity index (χ3v) is 8.26. The molecular formula is C31H52N2O. The van der Waals surface area contributed by atoms with Crippen molar-refractivity contribution in [1.82, 2.24) is 0 Å². The van der Waals surface area contributed by atoms with Crippen LogP contribution in [0.4, 0.5) is 0 Å². The predicted molar refractivity (Wildman–Crippen MR) is 149 cm³/mol. The molecule has 0 amide bonds. The van der Waals surface area contributed by atoms with Gasteiger partial charge in [0.25, 0.3) is 0 Å². The van der Waals surface area contributed by atoms with E-state index in [1.807, 2.05) is 19.9 Å². The molecular weight excluding hydrogens is 416 g/mol. The molecule has 2 saturated carbocycles. The zero-order valence-electron chi connectivity index (χ0n) is 23.4. The zero-order valence-corrected chi connectivity index (χ0v) is 23.4. The van der Waals surface area contributed by atoms with Crippen molar-refractivity contribution in [3.63, 3.8) is 0 Å². The van der Waals surface area contributed by atoms with Gasteiger partial charge in [0.15, 0.2) is 5.78 Å². The van der Waals surface area contributed by atoms with Crippen LogP contribution in [0.25, 0.3) is 0 Å². The Labute approximate surface area is 210 Å². The van der Waals surface area contributed by atoms with Crippen molar-refractivity contribution < 1.29 is 4.79 Å². The number of nitrogens with one attached hydrogen (secondary N) is 1. The van der Waals surface area contributed by atoms with Gasteiger partial charge >= 0.3 is 0 Å². The summed E-state index contributed by atoms with van der Waals surface area (Å²) in [5.41, 5.74) is 11.8. The third-order valence-electron chi connectivity index (χ3n) is 8.26. The average Bonchev–Trinajstić information content (AvgIpc) is 2.73. The molecule has 0 heterocycles. The molecule has 3 nitrogen and oxygen atoms in total. The minimum atomic E-state index is -0.173. The summed E-state index contributed by atoms with van der Waals surface area (Å²) in [7, 11) is 0. The van der Waals surface area contributed by atoms with Crippen LogP contribution in [-0.2, 0) is 4.79 Å². The van der Waals surface area contributed by atoms with Gasteiger partial charge in [-0.05, 0) is 95.1 Å². The maximum atomic E-state index is 11.9. The van der Waals surface area contributed by atoms with E-state index in [4.69, 9.17) is 11.1 Å². The number of carbonyl (C=O) groups excluding carboxylic acids is 1. The first kappa shape index (κ1) is 30.3. The summed E-state index contributed by atoms with van der Waals surface area (Å²) in [6.07, 6.45) is 14.3. The second-order valence-electron chi connectivity index (χ2n) is 11.4. The summed E-state index contributed by atoms with van der Waals surface area (Å²) >= 11 is 0. The van der Waals surface area contributed by atoms with Crippen LogP contribution in [0.3, 0.4) is 0 Å². The number of nitrogens with two attached hydrogens (primary N) is 1. The van der Waals surface area contributed by atoms with Crippen LogP contribution in [0.15, 0.2) is 48.1 Å². The van der Waals surface area contributed by atoms with Gasteiger partial charge in [-0.1, -0.05) is 70.4 Å². The van der Waals surface area contributed by atoms with Crippen LogP contribution in [0.2, 0.25) is 0 Å². The molecule has 0 aromatic rings. The summed E-state index contributed by atoms with van der Waals surface area (Å²) in [5.74, 6) is 1.02. The first-order valence-electron chi connectivity index (χ1n) is 13.3. The molecule has 0 radical (unpaired) electrons. The highest BCUT2D eigenvalue weighted by atomic mass is 16.1. The SMILES string of the molecule is C=C(C)CCC(=C)CC1(C)CCC2C3(C)C=CC(=O)C=C3CCC2(N)C1CC.CC.CC(C)=N. The minimum Gasteiger partial charge on any atom is -0.325 e. The van der Waals surface area contributed by atoms with E-state index >= 15 is 0 Å². The average molecular weight is 469 g/mol. The van der Waals surface area contributed by atoms with Gasteiger partial charge in [0.1, 0.15) is 0 Å². The van der Waals surface area contributed by atoms with Crippen molar-refractivity contribution in [2.24, 2.45) is 28.4 Å². The number of allylic oxidation sites excluding steroid dienone is 6. The van der Waals surface area contributed by atoms with Gasteiger partial charge in [-0.25, -0.2) is 0 Å². The number of fused-ring (bicyclic) bond motifs is 3. The van der Waals surface area contributed by atoms with Crippen LogP contribution in [-0.4, -0.2) is 17.0 Å². The van der Waals surface area contributed by atoms with Gasteiger partial charge in [-0.3, -0.25) is 4.79 Å². The molecule has 5 atom stereocenters. The van der Waals surface area contributed by atoms with E-state index in [0.717, 1.165) is 44.9 Å². The molecule has 3 aliphatic carbocycles. The lowest BCUT2D eigenvalue weighted by Crippen LogP contribution is -2.66. The van der Waals surface area contributed by atoms with Gasteiger partial charge in [0.05, 0.1) is 0 Å². The first-order valence-corrected chi connectivity index (χ1v) is 13.3. The Morgan fingerprint density at radius 2 is 1.74 bits per heavy atom. The highest BCUT2D eigenvalue weighted by molar-refractivity contribution is 6.01. The van der Waals surface area contributed by atoms with E-state index in [0.29, 0.717) is 17.5 Å². The molecule has 2 fully saturated rings. The smallest absolute Gasteiger partial charge is 0.178 e. The van der Waals surface area contributed by atoms with Crippen LogP contribution in [0, 0.1) is 28.1 Å². The number of carbonyl (C=O) groups is 1. The molecule has 0 aromatic carbocycles. The minimum absolute atomic E-state index is 0.0629. The van der Waals surface area contributed by atoms with Crippen LogP contribution < -0.4 is 5.73 Å². The van der Waals surface area contributed by atoms with Gasteiger partial charge in [0, 0.05) is 16.7 Å². The summed E-state index contributed by atoms with van der Waals surface area (Å²) in [5, 5.41) is 6.50. The lowest BCUT2D eigenvalue weighted by atomic mass is 9.43. The molecule has 34 heavy (non-hydrogen) atoms. The number of hydrogen-bond acceptors (Lipinski definition) is 3. The summed E-state index contributed by atoms with van der Waals surface area (Å²) in [4.78, 5) is 11.9. The van der Waals surface area contributed by atoms with E-state index in [9.17, 15) is 4.79 Å². The van der Waals surface area contributed by atoms with Gasteiger partial charge in [-0.2, -0.15) is 0 Å². The second kappa shape index (κ2) is 12.3. The molecule has 0 aromatic heterocycles. The zero-order chi connectivity index (χ0) is 26.3. The first-order chi connectivity index (χ1) is 15.8. The van der Waals surface area contributed by atoms with E-state index in [1.165, 1.54) is 23.1 Å². The maximum absolute atomic E-state index is 11.9. The topological polar surface area (TPSA) is 66.9 Å². The summed E-state index contributed by atoms with van der Waals surface area (Å²) in [6.45, 7) is 25.1. The lowest BCUT2D eigenvalue weighted by Gasteiger charge is -2.63. The normalized spacial score (nSPS) is 33.7. The molecule has 0 spiro atoms. The highest BCUT2D eigenvalue weighted by Crippen LogP contribution is 2.63. The largest absolute Gasteiger partial charge is 0.325 e. The van der Waals surface area contributed by atoms with Crippen LogP contribution in [0.1, 0.15) is 107 Å². The monoisotopic (exact) mass is 468 g/mol. The highest BCUT2D eigenvalue weighted by Gasteiger charge is 2.60. The molecule has 3 heteroatoms. The number of hydrogen-bond donors (Lipinski definition) is 2. The fraction of sp³-hybridized carbons (Fsp3) is 0.677. The molecule has 192 valence electrons. The predicted octanol–water partition coefficient (Wildman–Crippen LogP) is 8.37. The Kier molecular flexibility index (Phi) is 10.9. The van der Waals surface area contributed by atoms with E-state index < -0.39 is 0 Å². The van der Waals surface area contributed by atoms with Crippen molar-refractivity contribution >= 4 is 11.5 Å². The van der Waals surface area contributed by atoms with Crippen molar-refractivity contribution in [2.75, 3.05) is 0 Å². The Hall–Kier alpha value is -1.74. The Balaban J connectivity index is 0.000000872. The van der Waals surface area contributed by atoms with Gasteiger partial charge in [-0.15, -0.1) is 6.58 Å². The van der Waals surface area contributed by atoms with Crippen molar-refractivity contribution in [2.45, 2.75) is 112 Å². The molecule has 5 unspecified atom stereocenters. The van der Waals surface area contributed by atoms with Gasteiger partial charge < -0.3 is 11.1 Å². The van der Waals surface area contributed by atoms with E-state index in [-0.39, 0.29) is 22.2 Å². The molecule has 3 N–H and O–H groups in total. The second-order valence-corrected chi connectivity index (χ2v) is 11.4. The quantitative estimate of drug-likeness (QED) is 0.304. The van der Waals surface area contributed by atoms with Crippen molar-refractivity contribution in [3.8, 4) is 0 Å². The van der Waals surface area contributed by atoms with Crippen molar-refractivity contribution in [3.05, 3.63) is 48.1 Å². The Morgan fingerprint density at radius 1 is 1.15 bits per heavy atom.